The van der Waals surface area contributed by atoms with Gasteiger partial charge in [-0.3, -0.25) is 4.57 Å². The highest BCUT2D eigenvalue weighted by Gasteiger charge is 2.22. The number of primary sulfonamides is 1. The fourth-order valence-electron chi connectivity index (χ4n) is 2.86. The Kier molecular flexibility index (Phi) is 5.75. The molecule has 0 saturated heterocycles. The molecule has 0 radical (unpaired) electrons. The second-order valence-electron chi connectivity index (χ2n) is 5.83. The highest BCUT2D eigenvalue weighted by atomic mass is 35.5. The number of benzene rings is 1. The van der Waals surface area contributed by atoms with Gasteiger partial charge in [-0.1, -0.05) is 11.6 Å². The second kappa shape index (κ2) is 7.92. The first-order chi connectivity index (χ1) is 13.3. The van der Waals surface area contributed by atoms with Crippen LogP contribution in [0.3, 0.4) is 0 Å². The van der Waals surface area contributed by atoms with E-state index in [4.69, 9.17) is 31.0 Å². The number of sulfonamides is 1. The van der Waals surface area contributed by atoms with E-state index in [0.29, 0.717) is 46.3 Å². The van der Waals surface area contributed by atoms with Gasteiger partial charge in [0.1, 0.15) is 4.90 Å². The highest BCUT2D eigenvalue weighted by molar-refractivity contribution is 7.89. The molecule has 0 aliphatic carbocycles. The van der Waals surface area contributed by atoms with Gasteiger partial charge in [0.2, 0.25) is 27.7 Å². The number of nitrogens with zero attached hydrogens (tertiary/aromatic N) is 3. The van der Waals surface area contributed by atoms with E-state index in [-0.39, 0.29) is 10.8 Å². The third kappa shape index (κ3) is 3.76. The highest BCUT2D eigenvalue weighted by Crippen LogP contribution is 2.32. The van der Waals surface area contributed by atoms with Gasteiger partial charge in [-0.05, 0) is 18.2 Å². The summed E-state index contributed by atoms with van der Waals surface area (Å²) in [6.45, 7) is 0.424. The fraction of sp³-hybridized carbons (Fsp3) is 0.294. The Morgan fingerprint density at radius 1 is 1.14 bits per heavy atom. The number of aromatic nitrogens is 3. The summed E-state index contributed by atoms with van der Waals surface area (Å²) in [5.74, 6) is 0.733. The summed E-state index contributed by atoms with van der Waals surface area (Å²) in [4.78, 5) is 8.76. The summed E-state index contributed by atoms with van der Waals surface area (Å²) in [6.07, 6.45) is 1.82. The zero-order valence-electron chi connectivity index (χ0n) is 15.5. The molecule has 2 aromatic heterocycles. The lowest BCUT2D eigenvalue weighted by Crippen LogP contribution is -2.12. The number of hydrogen-bond donors (Lipinski definition) is 1. The molecule has 1 aromatic carbocycles. The van der Waals surface area contributed by atoms with Gasteiger partial charge in [-0.2, -0.15) is 9.97 Å². The molecular formula is C17H19ClN4O5S. The average molecular weight is 427 g/mol. The number of halogens is 1. The van der Waals surface area contributed by atoms with Crippen molar-refractivity contribution in [2.24, 2.45) is 5.14 Å². The van der Waals surface area contributed by atoms with Crippen molar-refractivity contribution in [3.8, 4) is 17.7 Å². The molecule has 0 unspecified atom stereocenters. The lowest BCUT2D eigenvalue weighted by atomic mass is 10.2. The van der Waals surface area contributed by atoms with E-state index in [1.807, 2.05) is 0 Å². The number of ether oxygens (including phenoxy) is 3. The van der Waals surface area contributed by atoms with Crippen molar-refractivity contribution in [1.29, 1.82) is 0 Å². The Morgan fingerprint density at radius 2 is 1.79 bits per heavy atom. The molecular weight excluding hydrogens is 408 g/mol. The van der Waals surface area contributed by atoms with Crippen LogP contribution in [0.1, 0.15) is 5.56 Å². The van der Waals surface area contributed by atoms with Crippen LogP contribution in [0.25, 0.3) is 16.9 Å². The van der Waals surface area contributed by atoms with Crippen LogP contribution in [0.15, 0.2) is 29.3 Å². The van der Waals surface area contributed by atoms with Crippen LogP contribution < -0.4 is 14.6 Å². The quantitative estimate of drug-likeness (QED) is 0.613. The molecule has 0 saturated carbocycles. The molecule has 0 bridgehead atoms. The van der Waals surface area contributed by atoms with Crippen LogP contribution in [-0.4, -0.2) is 50.9 Å². The summed E-state index contributed by atoms with van der Waals surface area (Å²) in [5.41, 5.74) is 1.11. The van der Waals surface area contributed by atoms with Gasteiger partial charge >= 0.3 is 0 Å². The van der Waals surface area contributed by atoms with Gasteiger partial charge in [-0.25, -0.2) is 13.6 Å². The molecule has 3 aromatic rings. The topological polar surface area (TPSA) is 119 Å². The van der Waals surface area contributed by atoms with Crippen LogP contribution in [-0.2, 0) is 21.2 Å². The van der Waals surface area contributed by atoms with Crippen molar-refractivity contribution >= 4 is 32.5 Å². The van der Waals surface area contributed by atoms with Crippen LogP contribution in [0, 0.1) is 0 Å². The number of methoxy groups -OCH3 is 3. The summed E-state index contributed by atoms with van der Waals surface area (Å²) in [6, 6.07) is 4.76. The van der Waals surface area contributed by atoms with E-state index < -0.39 is 10.0 Å². The first kappa shape index (κ1) is 20.3. The summed E-state index contributed by atoms with van der Waals surface area (Å²) in [7, 11) is 0.551. The van der Waals surface area contributed by atoms with Crippen LogP contribution in [0.5, 0.6) is 11.8 Å². The van der Waals surface area contributed by atoms with Crippen LogP contribution in [0.4, 0.5) is 0 Å². The Morgan fingerprint density at radius 3 is 2.32 bits per heavy atom. The average Bonchev–Trinajstić information content (AvgIpc) is 3.04. The molecule has 2 N–H and O–H groups in total. The summed E-state index contributed by atoms with van der Waals surface area (Å²) < 4.78 is 41.4. The predicted octanol–water partition coefficient (Wildman–Crippen LogP) is 1.93. The zero-order valence-corrected chi connectivity index (χ0v) is 17.0. The minimum atomic E-state index is -3.98. The predicted molar refractivity (Wildman–Crippen MR) is 104 cm³/mol. The molecule has 0 aliphatic heterocycles. The lowest BCUT2D eigenvalue weighted by molar-refractivity contribution is 0.199. The SMILES string of the molecule is COCCc1c(OC)nc(-n2cc(S(N)(=O)=O)c3ccc(Cl)cc32)nc1OC. The minimum absolute atomic E-state index is 0.0656. The second-order valence-corrected chi connectivity index (χ2v) is 7.80. The Hall–Kier alpha value is -2.40. The van der Waals surface area contributed by atoms with E-state index >= 15 is 0 Å². The maximum atomic E-state index is 12.0. The lowest BCUT2D eigenvalue weighted by Gasteiger charge is -2.13. The molecule has 2 heterocycles. The maximum Gasteiger partial charge on any atom is 0.240 e. The van der Waals surface area contributed by atoms with Gasteiger partial charge in [0.15, 0.2) is 0 Å². The maximum absolute atomic E-state index is 12.0. The van der Waals surface area contributed by atoms with Crippen molar-refractivity contribution in [1.82, 2.24) is 14.5 Å². The van der Waals surface area contributed by atoms with Gasteiger partial charge < -0.3 is 14.2 Å². The Bertz CT molecular complexity index is 1110. The molecule has 9 nitrogen and oxygen atoms in total. The molecule has 0 spiro atoms. The summed E-state index contributed by atoms with van der Waals surface area (Å²) in [5, 5.41) is 6.19. The van der Waals surface area contributed by atoms with Crippen LogP contribution in [0.2, 0.25) is 5.02 Å². The van der Waals surface area contributed by atoms with Crippen molar-refractivity contribution in [2.75, 3.05) is 27.9 Å². The molecule has 0 amide bonds. The van der Waals surface area contributed by atoms with Crippen LogP contribution >= 0.6 is 11.6 Å². The molecule has 28 heavy (non-hydrogen) atoms. The van der Waals surface area contributed by atoms with Crippen molar-refractivity contribution in [3.05, 3.63) is 35.0 Å². The van der Waals surface area contributed by atoms with E-state index in [0.717, 1.165) is 0 Å². The Balaban J connectivity index is 2.29. The molecule has 0 atom stereocenters. The van der Waals surface area contributed by atoms with E-state index in [1.165, 1.54) is 25.0 Å². The first-order valence-electron chi connectivity index (χ1n) is 8.11. The van der Waals surface area contributed by atoms with Crippen molar-refractivity contribution in [2.45, 2.75) is 11.3 Å². The number of nitrogens with two attached hydrogens (primary N) is 1. The number of rotatable bonds is 7. The van der Waals surface area contributed by atoms with Crippen molar-refractivity contribution < 1.29 is 22.6 Å². The standard InChI is InChI=1S/C17H19ClN4O5S/c1-25-7-6-12-15(26-2)20-17(21-16(12)27-3)22-9-14(28(19,23)24)11-5-4-10(18)8-13(11)22/h4-5,8-9H,6-7H2,1-3H3,(H2,19,23,24). The van der Waals surface area contributed by atoms with Crippen molar-refractivity contribution in [3.63, 3.8) is 0 Å². The van der Waals surface area contributed by atoms with E-state index in [2.05, 4.69) is 9.97 Å². The summed E-state index contributed by atoms with van der Waals surface area (Å²) >= 11 is 6.10. The number of hydrogen-bond acceptors (Lipinski definition) is 7. The monoisotopic (exact) mass is 426 g/mol. The molecule has 150 valence electrons. The third-order valence-electron chi connectivity index (χ3n) is 4.12. The smallest absolute Gasteiger partial charge is 0.240 e. The zero-order chi connectivity index (χ0) is 20.5. The first-order valence-corrected chi connectivity index (χ1v) is 10.0. The molecule has 0 aliphatic rings. The number of fused-ring (bicyclic) bond motifs is 1. The van der Waals surface area contributed by atoms with E-state index in [1.54, 1.807) is 25.3 Å². The van der Waals surface area contributed by atoms with Gasteiger partial charge in [0, 0.05) is 30.1 Å². The molecule has 11 heteroatoms. The molecule has 0 fully saturated rings. The third-order valence-corrected chi connectivity index (χ3v) is 5.29. The Labute approximate surface area is 167 Å². The van der Waals surface area contributed by atoms with E-state index in [9.17, 15) is 8.42 Å². The molecule has 3 rings (SSSR count). The van der Waals surface area contributed by atoms with Gasteiger partial charge in [0.05, 0.1) is 31.9 Å². The minimum Gasteiger partial charge on any atom is -0.481 e. The van der Waals surface area contributed by atoms with Gasteiger partial charge in [0.25, 0.3) is 0 Å². The largest absolute Gasteiger partial charge is 0.481 e. The van der Waals surface area contributed by atoms with Gasteiger partial charge in [-0.15, -0.1) is 0 Å². The fourth-order valence-corrected chi connectivity index (χ4v) is 3.76. The normalized spacial score (nSPS) is 11.8.